The van der Waals surface area contributed by atoms with E-state index in [0.717, 1.165) is 21.8 Å². The highest BCUT2D eigenvalue weighted by molar-refractivity contribution is 9.10. The molecular formula is C12H14Br2O. The molecule has 0 bridgehead atoms. The van der Waals surface area contributed by atoms with Crippen molar-refractivity contribution in [2.24, 2.45) is 17.3 Å². The molecule has 3 rings (SSSR count). The first-order valence-electron chi connectivity index (χ1n) is 5.50. The van der Waals surface area contributed by atoms with Crippen LogP contribution < -0.4 is 0 Å². The molecule has 0 aliphatic heterocycles. The Labute approximate surface area is 107 Å². The molecule has 0 spiro atoms. The van der Waals surface area contributed by atoms with Gasteiger partial charge in [-0.1, -0.05) is 15.9 Å². The van der Waals surface area contributed by atoms with Gasteiger partial charge in [0.05, 0.1) is 6.26 Å². The lowest BCUT2D eigenvalue weighted by Crippen LogP contribution is -2.23. The van der Waals surface area contributed by atoms with Crippen LogP contribution in [0.1, 0.15) is 24.8 Å². The molecule has 0 radical (unpaired) electrons. The monoisotopic (exact) mass is 332 g/mol. The summed E-state index contributed by atoms with van der Waals surface area (Å²) in [6.07, 6.45) is 7.36. The smallest absolute Gasteiger partial charge is 0.169 e. The Morgan fingerprint density at radius 2 is 2.13 bits per heavy atom. The third kappa shape index (κ3) is 1.93. The van der Waals surface area contributed by atoms with Crippen LogP contribution >= 0.6 is 31.9 Å². The average molecular weight is 334 g/mol. The molecule has 1 aromatic rings. The van der Waals surface area contributed by atoms with E-state index in [2.05, 4.69) is 37.9 Å². The van der Waals surface area contributed by atoms with Crippen LogP contribution in [0.25, 0.3) is 0 Å². The maximum absolute atomic E-state index is 5.30. The van der Waals surface area contributed by atoms with Gasteiger partial charge in [-0.2, -0.15) is 0 Å². The highest BCUT2D eigenvalue weighted by Crippen LogP contribution is 2.61. The SMILES string of the molecule is BrCC1(Cc2coc(Br)c2)CC2CC2C1. The van der Waals surface area contributed by atoms with Crippen molar-refractivity contribution in [3.63, 3.8) is 0 Å². The van der Waals surface area contributed by atoms with Crippen molar-refractivity contribution in [1.82, 2.24) is 0 Å². The van der Waals surface area contributed by atoms with Crippen LogP contribution in [-0.4, -0.2) is 5.33 Å². The Morgan fingerprint density at radius 1 is 1.40 bits per heavy atom. The molecule has 2 atom stereocenters. The first kappa shape index (κ1) is 10.4. The van der Waals surface area contributed by atoms with Crippen molar-refractivity contribution in [1.29, 1.82) is 0 Å². The number of rotatable bonds is 3. The van der Waals surface area contributed by atoms with Crippen molar-refractivity contribution < 1.29 is 4.42 Å². The fourth-order valence-electron chi connectivity index (χ4n) is 3.18. The number of hydrogen-bond donors (Lipinski definition) is 0. The van der Waals surface area contributed by atoms with Crippen LogP contribution in [0.3, 0.4) is 0 Å². The summed E-state index contributed by atoms with van der Waals surface area (Å²) in [5.74, 6) is 2.08. The summed E-state index contributed by atoms with van der Waals surface area (Å²) in [6, 6.07) is 2.11. The highest BCUT2D eigenvalue weighted by atomic mass is 79.9. The highest BCUT2D eigenvalue weighted by Gasteiger charge is 2.53. The van der Waals surface area contributed by atoms with Gasteiger partial charge in [-0.05, 0) is 70.5 Å². The predicted molar refractivity (Wildman–Crippen MR) is 67.2 cm³/mol. The van der Waals surface area contributed by atoms with Gasteiger partial charge in [-0.3, -0.25) is 0 Å². The van der Waals surface area contributed by atoms with E-state index >= 15 is 0 Å². The van der Waals surface area contributed by atoms with Crippen molar-refractivity contribution in [3.8, 4) is 0 Å². The lowest BCUT2D eigenvalue weighted by molar-refractivity contribution is 0.307. The lowest BCUT2D eigenvalue weighted by atomic mass is 9.80. The third-order valence-corrected chi connectivity index (χ3v) is 5.55. The second-order valence-corrected chi connectivity index (χ2v) is 6.58. The van der Waals surface area contributed by atoms with E-state index in [4.69, 9.17) is 4.42 Å². The van der Waals surface area contributed by atoms with Crippen LogP contribution in [-0.2, 0) is 6.42 Å². The molecule has 0 amide bonds. The topological polar surface area (TPSA) is 13.1 Å². The Balaban J connectivity index is 1.75. The summed E-state index contributed by atoms with van der Waals surface area (Å²) in [5, 5.41) is 1.13. The molecule has 2 aliphatic carbocycles. The zero-order valence-electron chi connectivity index (χ0n) is 8.51. The van der Waals surface area contributed by atoms with E-state index in [1.807, 2.05) is 6.26 Å². The second-order valence-electron chi connectivity index (χ2n) is 5.23. The van der Waals surface area contributed by atoms with Gasteiger partial charge in [0.1, 0.15) is 0 Å². The number of hydrogen-bond acceptors (Lipinski definition) is 1. The molecule has 2 unspecified atom stereocenters. The zero-order chi connectivity index (χ0) is 10.5. The van der Waals surface area contributed by atoms with Gasteiger partial charge in [0.15, 0.2) is 4.67 Å². The number of halogens is 2. The van der Waals surface area contributed by atoms with Gasteiger partial charge < -0.3 is 4.42 Å². The quantitative estimate of drug-likeness (QED) is 0.747. The normalized spacial score (nSPS) is 38.0. The minimum Gasteiger partial charge on any atom is -0.457 e. The van der Waals surface area contributed by atoms with Crippen LogP contribution in [0.15, 0.2) is 21.4 Å². The van der Waals surface area contributed by atoms with Gasteiger partial charge in [0, 0.05) is 5.33 Å². The van der Waals surface area contributed by atoms with E-state index < -0.39 is 0 Å². The summed E-state index contributed by atoms with van der Waals surface area (Å²) in [7, 11) is 0. The van der Waals surface area contributed by atoms with Gasteiger partial charge in [0.2, 0.25) is 0 Å². The summed E-state index contributed by atoms with van der Waals surface area (Å²) in [6.45, 7) is 0. The zero-order valence-corrected chi connectivity index (χ0v) is 11.7. The van der Waals surface area contributed by atoms with E-state index in [1.165, 1.54) is 31.2 Å². The van der Waals surface area contributed by atoms with E-state index in [-0.39, 0.29) is 0 Å². The molecule has 2 saturated carbocycles. The summed E-state index contributed by atoms with van der Waals surface area (Å²) in [5.41, 5.74) is 1.85. The predicted octanol–water partition coefficient (Wildman–Crippen LogP) is 4.40. The van der Waals surface area contributed by atoms with E-state index in [9.17, 15) is 0 Å². The molecule has 82 valence electrons. The fraction of sp³-hybridized carbons (Fsp3) is 0.667. The fourth-order valence-corrected chi connectivity index (χ4v) is 4.22. The first-order chi connectivity index (χ1) is 7.21. The molecule has 1 aromatic heterocycles. The van der Waals surface area contributed by atoms with Crippen molar-refractivity contribution in [2.75, 3.05) is 5.33 Å². The van der Waals surface area contributed by atoms with Crippen molar-refractivity contribution >= 4 is 31.9 Å². The van der Waals surface area contributed by atoms with Gasteiger partial charge in [0.25, 0.3) is 0 Å². The molecule has 2 aliphatic rings. The Kier molecular flexibility index (Phi) is 2.51. The van der Waals surface area contributed by atoms with Crippen LogP contribution in [0, 0.1) is 17.3 Å². The summed E-state index contributed by atoms with van der Waals surface area (Å²) >= 11 is 7.07. The second kappa shape index (κ2) is 3.63. The van der Waals surface area contributed by atoms with Gasteiger partial charge >= 0.3 is 0 Å². The van der Waals surface area contributed by atoms with Crippen LogP contribution in [0.4, 0.5) is 0 Å². The first-order valence-corrected chi connectivity index (χ1v) is 7.41. The molecule has 2 fully saturated rings. The molecule has 3 heteroatoms. The van der Waals surface area contributed by atoms with Crippen molar-refractivity contribution in [3.05, 3.63) is 22.6 Å². The largest absolute Gasteiger partial charge is 0.457 e. The molecule has 0 N–H and O–H groups in total. The molecule has 15 heavy (non-hydrogen) atoms. The number of furan rings is 1. The maximum atomic E-state index is 5.30. The molecule has 0 aromatic carbocycles. The number of fused-ring (bicyclic) bond motifs is 1. The van der Waals surface area contributed by atoms with Gasteiger partial charge in [-0.15, -0.1) is 0 Å². The molecule has 0 saturated heterocycles. The summed E-state index contributed by atoms with van der Waals surface area (Å²) in [4.78, 5) is 0. The third-order valence-electron chi connectivity index (χ3n) is 3.94. The maximum Gasteiger partial charge on any atom is 0.169 e. The Morgan fingerprint density at radius 3 is 2.67 bits per heavy atom. The lowest BCUT2D eigenvalue weighted by Gasteiger charge is -2.28. The van der Waals surface area contributed by atoms with E-state index in [0.29, 0.717) is 5.41 Å². The van der Waals surface area contributed by atoms with Crippen LogP contribution in [0.2, 0.25) is 0 Å². The van der Waals surface area contributed by atoms with Crippen LogP contribution in [0.5, 0.6) is 0 Å². The van der Waals surface area contributed by atoms with Gasteiger partial charge in [-0.25, -0.2) is 0 Å². The van der Waals surface area contributed by atoms with Crippen molar-refractivity contribution in [2.45, 2.75) is 25.7 Å². The molecule has 1 nitrogen and oxygen atoms in total. The van der Waals surface area contributed by atoms with E-state index in [1.54, 1.807) is 0 Å². The Bertz CT molecular complexity index is 361. The standard InChI is InChI=1S/C12H14Br2O/c13-7-12(4-9-2-10(9)5-12)3-8-1-11(14)15-6-8/h1,6,9-10H,2-5,7H2. The minimum absolute atomic E-state index is 0.511. The Hall–Kier alpha value is 0.240. The average Bonchev–Trinajstić information content (AvgIpc) is 2.65. The molecular weight excluding hydrogens is 320 g/mol. The summed E-state index contributed by atoms with van der Waals surface area (Å²) < 4.78 is 6.16. The molecule has 1 heterocycles. The minimum atomic E-state index is 0.511. The number of alkyl halides is 1.